The molecule has 2 aromatic heterocycles. The van der Waals surface area contributed by atoms with E-state index in [9.17, 15) is 10.4 Å². The highest BCUT2D eigenvalue weighted by Crippen LogP contribution is 2.21. The molecule has 122 valence electrons. The van der Waals surface area contributed by atoms with E-state index >= 15 is 0 Å². The van der Waals surface area contributed by atoms with E-state index in [4.69, 9.17) is 0 Å². The van der Waals surface area contributed by atoms with Crippen molar-refractivity contribution in [1.29, 1.82) is 5.26 Å². The first-order valence-corrected chi connectivity index (χ1v) is 8.21. The Hall–Kier alpha value is -1.87. The van der Waals surface area contributed by atoms with Crippen LogP contribution in [-0.4, -0.2) is 57.6 Å². The second-order valence-electron chi connectivity index (χ2n) is 6.56. The highest BCUT2D eigenvalue weighted by atomic mass is 16.3. The van der Waals surface area contributed by atoms with Crippen LogP contribution in [-0.2, 0) is 6.54 Å². The molecule has 0 saturated carbocycles. The fourth-order valence-corrected chi connectivity index (χ4v) is 3.49. The van der Waals surface area contributed by atoms with Gasteiger partial charge in [0, 0.05) is 56.7 Å². The van der Waals surface area contributed by atoms with E-state index in [2.05, 4.69) is 29.0 Å². The summed E-state index contributed by atoms with van der Waals surface area (Å²) in [4.78, 5) is 4.74. The first-order valence-electron chi connectivity index (χ1n) is 8.21. The molecule has 0 aliphatic carbocycles. The molecule has 0 amide bonds. The Kier molecular flexibility index (Phi) is 4.67. The maximum atomic E-state index is 9.58. The van der Waals surface area contributed by atoms with Gasteiger partial charge in [-0.25, -0.2) is 0 Å². The largest absolute Gasteiger partial charge is 0.392 e. The van der Waals surface area contributed by atoms with Crippen molar-refractivity contribution >= 4 is 5.52 Å². The van der Waals surface area contributed by atoms with Gasteiger partial charge < -0.3 is 9.51 Å². The van der Waals surface area contributed by atoms with Crippen LogP contribution in [0.5, 0.6) is 0 Å². The number of hydrogen-bond acceptors (Lipinski definition) is 4. The number of nitriles is 1. The van der Waals surface area contributed by atoms with Gasteiger partial charge in [0.2, 0.25) is 0 Å². The summed E-state index contributed by atoms with van der Waals surface area (Å²) in [5.74, 6) is 0. The molecule has 1 N–H and O–H groups in total. The molecule has 3 rings (SSSR count). The normalized spacial score (nSPS) is 21.4. The van der Waals surface area contributed by atoms with Crippen molar-refractivity contribution in [2.24, 2.45) is 0 Å². The summed E-state index contributed by atoms with van der Waals surface area (Å²) in [6.45, 7) is 8.46. The zero-order valence-corrected chi connectivity index (χ0v) is 13.8. The standard InChI is InChI=1S/C18H24N4O/c1-14-10-20(7-8-21(14)11-15(2)23)12-16-13-22-6-4-3-5-18(22)17(16)9-19/h3-6,13-15,23H,7-8,10-12H2,1-2H3. The number of aliphatic hydroxyl groups is 1. The van der Waals surface area contributed by atoms with Crippen LogP contribution in [0.4, 0.5) is 0 Å². The van der Waals surface area contributed by atoms with Crippen LogP contribution < -0.4 is 0 Å². The molecule has 5 heteroatoms. The minimum atomic E-state index is -0.286. The van der Waals surface area contributed by atoms with Crippen LogP contribution >= 0.6 is 0 Å². The zero-order valence-electron chi connectivity index (χ0n) is 13.8. The summed E-state index contributed by atoms with van der Waals surface area (Å²) in [6, 6.07) is 8.72. The van der Waals surface area contributed by atoms with E-state index < -0.39 is 0 Å². The molecular weight excluding hydrogens is 288 g/mol. The SMILES string of the molecule is CC(O)CN1CCN(Cc2cn3ccccc3c2C#N)CC1C. The fourth-order valence-electron chi connectivity index (χ4n) is 3.49. The lowest BCUT2D eigenvalue weighted by Gasteiger charge is -2.40. The predicted molar refractivity (Wildman–Crippen MR) is 90.1 cm³/mol. The van der Waals surface area contributed by atoms with E-state index in [0.717, 1.165) is 49.4 Å². The summed E-state index contributed by atoms with van der Waals surface area (Å²) in [5, 5.41) is 19.1. The molecule has 2 aromatic rings. The van der Waals surface area contributed by atoms with Crippen molar-refractivity contribution in [2.45, 2.75) is 32.5 Å². The molecule has 5 nitrogen and oxygen atoms in total. The van der Waals surface area contributed by atoms with Crippen LogP contribution in [0.25, 0.3) is 5.52 Å². The average Bonchev–Trinajstić information content (AvgIpc) is 2.86. The van der Waals surface area contributed by atoms with Crippen molar-refractivity contribution in [2.75, 3.05) is 26.2 Å². The summed E-state index contributed by atoms with van der Waals surface area (Å²) < 4.78 is 2.03. The molecule has 1 saturated heterocycles. The topological polar surface area (TPSA) is 54.9 Å². The van der Waals surface area contributed by atoms with Gasteiger partial charge >= 0.3 is 0 Å². The van der Waals surface area contributed by atoms with Crippen molar-refractivity contribution in [3.05, 3.63) is 41.7 Å². The van der Waals surface area contributed by atoms with Gasteiger partial charge in [0.1, 0.15) is 6.07 Å². The second-order valence-corrected chi connectivity index (χ2v) is 6.56. The molecule has 1 fully saturated rings. The first-order chi connectivity index (χ1) is 11.1. The van der Waals surface area contributed by atoms with E-state index in [0.29, 0.717) is 6.04 Å². The van der Waals surface area contributed by atoms with Gasteiger partial charge in [-0.3, -0.25) is 9.80 Å². The number of β-amino-alcohol motifs (C(OH)–C–C–N with tert-alkyl or cyclic N) is 1. The lowest BCUT2D eigenvalue weighted by molar-refractivity contribution is 0.0423. The van der Waals surface area contributed by atoms with E-state index in [1.54, 1.807) is 0 Å². The molecule has 0 spiro atoms. The third-order valence-corrected chi connectivity index (χ3v) is 4.62. The highest BCUT2D eigenvalue weighted by molar-refractivity contribution is 5.65. The number of pyridine rings is 1. The molecule has 0 radical (unpaired) electrons. The number of fused-ring (bicyclic) bond motifs is 1. The lowest BCUT2D eigenvalue weighted by atomic mass is 10.1. The van der Waals surface area contributed by atoms with Gasteiger partial charge in [-0.15, -0.1) is 0 Å². The zero-order chi connectivity index (χ0) is 16.4. The van der Waals surface area contributed by atoms with Gasteiger partial charge in [-0.05, 0) is 26.0 Å². The van der Waals surface area contributed by atoms with E-state index in [1.807, 2.05) is 35.7 Å². The van der Waals surface area contributed by atoms with Crippen LogP contribution in [0, 0.1) is 11.3 Å². The third kappa shape index (κ3) is 3.40. The molecular formula is C18H24N4O. The Balaban J connectivity index is 1.73. The van der Waals surface area contributed by atoms with Gasteiger partial charge in [0.05, 0.1) is 17.2 Å². The molecule has 3 heterocycles. The van der Waals surface area contributed by atoms with Gasteiger partial charge in [-0.2, -0.15) is 5.26 Å². The Morgan fingerprint density at radius 1 is 1.39 bits per heavy atom. The quantitative estimate of drug-likeness (QED) is 0.933. The van der Waals surface area contributed by atoms with Gasteiger partial charge in [0.15, 0.2) is 0 Å². The number of hydrogen-bond donors (Lipinski definition) is 1. The Morgan fingerprint density at radius 2 is 2.22 bits per heavy atom. The molecule has 1 aliphatic heterocycles. The molecule has 23 heavy (non-hydrogen) atoms. The molecule has 2 atom stereocenters. The summed E-state index contributed by atoms with van der Waals surface area (Å²) in [5.41, 5.74) is 2.85. The molecule has 2 unspecified atom stereocenters. The Labute approximate surface area is 137 Å². The summed E-state index contributed by atoms with van der Waals surface area (Å²) >= 11 is 0. The van der Waals surface area contributed by atoms with Crippen molar-refractivity contribution in [1.82, 2.24) is 14.2 Å². The van der Waals surface area contributed by atoms with Crippen molar-refractivity contribution < 1.29 is 5.11 Å². The van der Waals surface area contributed by atoms with Crippen molar-refractivity contribution in [3.63, 3.8) is 0 Å². The number of rotatable bonds is 4. The predicted octanol–water partition coefficient (Wildman–Crippen LogP) is 1.70. The highest BCUT2D eigenvalue weighted by Gasteiger charge is 2.25. The lowest BCUT2D eigenvalue weighted by Crippen LogP contribution is -2.53. The van der Waals surface area contributed by atoms with Crippen LogP contribution in [0.3, 0.4) is 0 Å². The Morgan fingerprint density at radius 3 is 2.91 bits per heavy atom. The van der Waals surface area contributed by atoms with E-state index in [1.165, 1.54) is 0 Å². The minimum Gasteiger partial charge on any atom is -0.392 e. The third-order valence-electron chi connectivity index (χ3n) is 4.62. The van der Waals surface area contributed by atoms with Crippen LogP contribution in [0.15, 0.2) is 30.6 Å². The number of nitrogens with zero attached hydrogens (tertiary/aromatic N) is 4. The maximum absolute atomic E-state index is 9.58. The van der Waals surface area contributed by atoms with Crippen LogP contribution in [0.2, 0.25) is 0 Å². The van der Waals surface area contributed by atoms with Gasteiger partial charge in [-0.1, -0.05) is 6.07 Å². The van der Waals surface area contributed by atoms with Crippen LogP contribution in [0.1, 0.15) is 25.0 Å². The smallest absolute Gasteiger partial charge is 0.102 e. The summed E-state index contributed by atoms with van der Waals surface area (Å²) in [6.07, 6.45) is 3.77. The Bertz CT molecular complexity index is 715. The first kappa shape index (κ1) is 16.0. The number of aromatic nitrogens is 1. The fraction of sp³-hybridized carbons (Fsp3) is 0.500. The van der Waals surface area contributed by atoms with E-state index in [-0.39, 0.29) is 6.10 Å². The minimum absolute atomic E-state index is 0.286. The maximum Gasteiger partial charge on any atom is 0.102 e. The van der Waals surface area contributed by atoms with Gasteiger partial charge in [0.25, 0.3) is 0 Å². The monoisotopic (exact) mass is 312 g/mol. The second kappa shape index (κ2) is 6.71. The molecule has 0 aromatic carbocycles. The number of aliphatic hydroxyl groups excluding tert-OH is 1. The van der Waals surface area contributed by atoms with Crippen molar-refractivity contribution in [3.8, 4) is 6.07 Å². The summed E-state index contributed by atoms with van der Waals surface area (Å²) in [7, 11) is 0. The number of piperazine rings is 1. The average molecular weight is 312 g/mol. The molecule has 1 aliphatic rings. The molecule has 0 bridgehead atoms.